The van der Waals surface area contributed by atoms with E-state index >= 15 is 0 Å². The quantitative estimate of drug-likeness (QED) is 0.291. The molecule has 3 aromatic heterocycles. The van der Waals surface area contributed by atoms with Crippen molar-refractivity contribution in [2.75, 3.05) is 5.73 Å². The number of benzene rings is 1. The van der Waals surface area contributed by atoms with E-state index in [9.17, 15) is 19.5 Å². The minimum Gasteiger partial charge on any atom is -0.480 e. The molecule has 0 saturated heterocycles. The summed E-state index contributed by atoms with van der Waals surface area (Å²) in [5, 5.41) is 12.5. The van der Waals surface area contributed by atoms with Crippen molar-refractivity contribution < 1.29 is 14.7 Å². The molecule has 0 spiro atoms. The number of carboxylic acids is 1. The number of nitrogens with one attached hydrogen (secondary N) is 3. The highest BCUT2D eigenvalue weighted by molar-refractivity contribution is 7.14. The second-order valence-electron chi connectivity index (χ2n) is 7.40. The lowest BCUT2D eigenvalue weighted by molar-refractivity contribution is -0.139. The molecule has 4 aromatic rings. The number of nitrogens with zero attached hydrogens (tertiary/aromatic N) is 1. The number of thiophene rings is 1. The summed E-state index contributed by atoms with van der Waals surface area (Å²) in [6.07, 6.45) is 1.89. The summed E-state index contributed by atoms with van der Waals surface area (Å²) in [7, 11) is 0. The second-order valence-corrected chi connectivity index (χ2v) is 8.51. The van der Waals surface area contributed by atoms with Crippen molar-refractivity contribution in [2.24, 2.45) is 0 Å². The number of aliphatic carboxylic acids is 1. The fourth-order valence-electron chi connectivity index (χ4n) is 3.56. The Morgan fingerprint density at radius 1 is 1.22 bits per heavy atom. The molecule has 0 fully saturated rings. The van der Waals surface area contributed by atoms with Gasteiger partial charge in [0.25, 0.3) is 11.5 Å². The van der Waals surface area contributed by atoms with Crippen molar-refractivity contribution in [3.63, 3.8) is 0 Å². The van der Waals surface area contributed by atoms with Gasteiger partial charge in [0.15, 0.2) is 0 Å². The lowest BCUT2D eigenvalue weighted by Gasteiger charge is -2.14. The van der Waals surface area contributed by atoms with Crippen LogP contribution in [0, 0.1) is 0 Å². The number of anilines is 1. The number of carboxylic acid groups (broad SMARTS) is 1. The third-order valence-electron chi connectivity index (χ3n) is 5.22. The number of nitrogens with two attached hydrogens (primary N) is 1. The highest BCUT2D eigenvalue weighted by Crippen LogP contribution is 2.32. The van der Waals surface area contributed by atoms with Crippen molar-refractivity contribution >= 4 is 40.2 Å². The van der Waals surface area contributed by atoms with Crippen LogP contribution in [0.25, 0.3) is 11.0 Å². The topological polar surface area (TPSA) is 154 Å². The number of carbonyl (C=O) groups excluding carboxylic acids is 1. The molecule has 164 valence electrons. The maximum Gasteiger partial charge on any atom is 0.326 e. The van der Waals surface area contributed by atoms with Crippen LogP contribution in [0.5, 0.6) is 0 Å². The fourth-order valence-corrected chi connectivity index (χ4v) is 4.54. The SMILES string of the molecule is CC(c1ccc(C(=O)N[C@@H](Cc2ccccc2)C(=O)O)s1)c1c[nH]c2nc(N)[nH]c(=O)c12. The van der Waals surface area contributed by atoms with Crippen LogP contribution in [0.4, 0.5) is 5.95 Å². The Balaban J connectivity index is 1.53. The first kappa shape index (κ1) is 21.3. The van der Waals surface area contributed by atoms with Crippen LogP contribution < -0.4 is 16.6 Å². The maximum atomic E-state index is 12.7. The zero-order chi connectivity index (χ0) is 22.8. The third-order valence-corrected chi connectivity index (χ3v) is 6.49. The first-order valence-corrected chi connectivity index (χ1v) is 10.7. The molecule has 0 aliphatic rings. The number of aromatic nitrogens is 3. The van der Waals surface area contributed by atoms with E-state index in [1.807, 2.05) is 37.3 Å². The Morgan fingerprint density at radius 3 is 2.69 bits per heavy atom. The van der Waals surface area contributed by atoms with Gasteiger partial charge in [-0.15, -0.1) is 11.3 Å². The van der Waals surface area contributed by atoms with Gasteiger partial charge in [0, 0.05) is 23.4 Å². The van der Waals surface area contributed by atoms with E-state index < -0.39 is 17.9 Å². The summed E-state index contributed by atoms with van der Waals surface area (Å²) >= 11 is 1.25. The third kappa shape index (κ3) is 4.26. The van der Waals surface area contributed by atoms with Gasteiger partial charge in [0.05, 0.1) is 10.3 Å². The van der Waals surface area contributed by atoms with Crippen LogP contribution in [0.3, 0.4) is 0 Å². The normalized spacial score (nSPS) is 13.0. The molecule has 1 amide bonds. The highest BCUT2D eigenvalue weighted by atomic mass is 32.1. The van der Waals surface area contributed by atoms with Crippen LogP contribution in [0.2, 0.25) is 0 Å². The number of rotatable bonds is 7. The molecule has 0 aliphatic carbocycles. The number of aromatic amines is 2. The first-order chi connectivity index (χ1) is 15.3. The van der Waals surface area contributed by atoms with Gasteiger partial charge in [-0.2, -0.15) is 4.98 Å². The summed E-state index contributed by atoms with van der Waals surface area (Å²) in [6.45, 7) is 1.92. The Labute approximate surface area is 186 Å². The number of fused-ring (bicyclic) bond motifs is 1. The minimum atomic E-state index is -1.10. The number of H-pyrrole nitrogens is 2. The molecule has 9 nitrogen and oxygen atoms in total. The predicted octanol–water partition coefficient (Wildman–Crippen LogP) is 2.47. The van der Waals surface area contributed by atoms with E-state index in [0.717, 1.165) is 16.0 Å². The number of carbonyl (C=O) groups is 2. The molecule has 6 N–H and O–H groups in total. The molecule has 32 heavy (non-hydrogen) atoms. The number of hydrogen-bond donors (Lipinski definition) is 5. The van der Waals surface area contributed by atoms with Gasteiger partial charge in [0.2, 0.25) is 5.95 Å². The Bertz CT molecular complexity index is 1340. The maximum absolute atomic E-state index is 12.7. The fraction of sp³-hybridized carbons (Fsp3) is 0.182. The molecule has 0 bridgehead atoms. The average molecular weight is 452 g/mol. The van der Waals surface area contributed by atoms with Gasteiger partial charge in [-0.25, -0.2) is 4.79 Å². The van der Waals surface area contributed by atoms with Gasteiger partial charge < -0.3 is 21.1 Å². The van der Waals surface area contributed by atoms with E-state index in [1.165, 1.54) is 11.3 Å². The van der Waals surface area contributed by atoms with Crippen LogP contribution >= 0.6 is 11.3 Å². The zero-order valence-corrected chi connectivity index (χ0v) is 17.9. The summed E-state index contributed by atoms with van der Waals surface area (Å²) < 4.78 is 0. The zero-order valence-electron chi connectivity index (χ0n) is 17.1. The average Bonchev–Trinajstić information content (AvgIpc) is 3.41. The van der Waals surface area contributed by atoms with Crippen LogP contribution in [-0.4, -0.2) is 38.0 Å². The van der Waals surface area contributed by atoms with Crippen molar-refractivity contribution in [2.45, 2.75) is 25.3 Å². The van der Waals surface area contributed by atoms with Crippen molar-refractivity contribution in [1.29, 1.82) is 0 Å². The molecule has 1 unspecified atom stereocenters. The number of nitrogen functional groups attached to an aromatic ring is 1. The smallest absolute Gasteiger partial charge is 0.326 e. The molecular formula is C22H21N5O4S. The summed E-state index contributed by atoms with van der Waals surface area (Å²) in [4.78, 5) is 47.5. The van der Waals surface area contributed by atoms with Gasteiger partial charge in [-0.3, -0.25) is 14.6 Å². The molecule has 4 rings (SSSR count). The highest BCUT2D eigenvalue weighted by Gasteiger charge is 2.24. The predicted molar refractivity (Wildman–Crippen MR) is 122 cm³/mol. The summed E-state index contributed by atoms with van der Waals surface area (Å²) in [5.74, 6) is -1.72. The monoisotopic (exact) mass is 451 g/mol. The van der Waals surface area contributed by atoms with Gasteiger partial charge in [0.1, 0.15) is 11.7 Å². The molecule has 0 aliphatic heterocycles. The molecule has 10 heteroatoms. The minimum absolute atomic E-state index is 0.0297. The standard InChI is InChI=1S/C22H21N5O4S/c1-11(13-10-24-18-17(13)20(29)27-22(23)26-18)15-7-8-16(32-15)19(28)25-14(21(30)31)9-12-5-3-2-4-6-12/h2-8,10-11,14H,9H2,1H3,(H,25,28)(H,30,31)(H4,23,24,26,27,29)/t11?,14-/m0/s1. The molecule has 3 heterocycles. The first-order valence-electron chi connectivity index (χ1n) is 9.87. The molecule has 2 atom stereocenters. The summed E-state index contributed by atoms with van der Waals surface area (Å²) in [5.41, 5.74) is 7.21. The van der Waals surface area contributed by atoms with Crippen LogP contribution in [0.15, 0.2) is 53.5 Å². The molecular weight excluding hydrogens is 430 g/mol. The van der Waals surface area contributed by atoms with Gasteiger partial charge in [-0.1, -0.05) is 37.3 Å². The van der Waals surface area contributed by atoms with E-state index in [2.05, 4.69) is 20.3 Å². The summed E-state index contributed by atoms with van der Waals surface area (Å²) in [6, 6.07) is 11.5. The van der Waals surface area contributed by atoms with E-state index in [0.29, 0.717) is 15.9 Å². The second kappa shape index (κ2) is 8.67. The Kier molecular flexibility index (Phi) is 5.78. The lowest BCUT2D eigenvalue weighted by atomic mass is 10.0. The van der Waals surface area contributed by atoms with Crippen molar-refractivity contribution in [1.82, 2.24) is 20.3 Å². The van der Waals surface area contributed by atoms with Crippen LogP contribution in [-0.2, 0) is 11.2 Å². The van der Waals surface area contributed by atoms with Crippen LogP contribution in [0.1, 0.15) is 38.5 Å². The molecule has 0 saturated carbocycles. The van der Waals surface area contributed by atoms with E-state index in [1.54, 1.807) is 18.3 Å². The molecule has 0 radical (unpaired) electrons. The Hall–Kier alpha value is -3.92. The largest absolute Gasteiger partial charge is 0.480 e. The lowest BCUT2D eigenvalue weighted by Crippen LogP contribution is -2.42. The molecule has 1 aromatic carbocycles. The van der Waals surface area contributed by atoms with Gasteiger partial charge >= 0.3 is 5.97 Å². The number of amides is 1. The number of hydrogen-bond acceptors (Lipinski definition) is 6. The Morgan fingerprint density at radius 2 is 1.97 bits per heavy atom. The van der Waals surface area contributed by atoms with Crippen molar-refractivity contribution in [3.8, 4) is 0 Å². The van der Waals surface area contributed by atoms with E-state index in [4.69, 9.17) is 5.73 Å². The van der Waals surface area contributed by atoms with Gasteiger partial charge in [-0.05, 0) is 23.3 Å². The van der Waals surface area contributed by atoms with E-state index in [-0.39, 0.29) is 23.8 Å². The van der Waals surface area contributed by atoms with Crippen molar-refractivity contribution in [3.05, 3.63) is 79.9 Å².